The largest absolute Gasteiger partial charge is 0.610 e. The monoisotopic (exact) mass is 1120 g/mol. The number of rotatable bonds is 15. The predicted molar refractivity (Wildman–Crippen MR) is 279 cm³/mol. The highest BCUT2D eigenvalue weighted by atomic mass is 32.2. The Bertz CT molecular complexity index is 2520. The molecular weight excluding hydrogens is 1040 g/mol. The Hall–Kier alpha value is -6.75. The second kappa shape index (κ2) is 28.2. The van der Waals surface area contributed by atoms with Gasteiger partial charge in [0.15, 0.2) is 6.04 Å². The summed E-state index contributed by atoms with van der Waals surface area (Å²) in [5, 5.41) is 52.0. The quantitative estimate of drug-likeness (QED) is 0.0618. The van der Waals surface area contributed by atoms with E-state index in [4.69, 9.17) is 15.2 Å². The van der Waals surface area contributed by atoms with E-state index in [9.17, 15) is 67.8 Å². The lowest BCUT2D eigenvalue weighted by molar-refractivity contribution is -0.144. The number of hydrogen-bond acceptors (Lipinski definition) is 16. The number of ether oxygens (including phenoxy) is 2. The van der Waals surface area contributed by atoms with E-state index in [2.05, 4.69) is 47.5 Å². The standard InChI is InChI=1S/C50H75N11O16S/c1-7-25(2)40-45(71)54-20-38(66)55-34-24-78(75)47-30(29-13-12-28(17-31(29)58-47)76-15-11-9-8-10-14-52-49(74)77-50(4,5)6)18-32(42(68)53-21-39(67)59-40)56-46(72)41(26(3)36(64)23-62)60-44(70)35-16-27(63)22-61(35)48(73)33(19-37(51)65)57-43(34)69/h12-13,17,25-27,32-36,40-41,58,62-64H,7-11,14-16,18-24H2,1-6H3,(H2,51,65)(H,52,74)(H,53,68)(H,54,71)(H,55,66)(H,56,72)(H,57,69)(H,59,67)(H,60,70)/t25-,26-,27+,32?,33-,34?,35-,36-,40?,41-,78?/m0/s1. The van der Waals surface area contributed by atoms with Crippen LogP contribution in [0.5, 0.6) is 5.75 Å². The van der Waals surface area contributed by atoms with E-state index in [0.29, 0.717) is 42.5 Å². The summed E-state index contributed by atoms with van der Waals surface area (Å²) in [5.74, 6) is -11.4. The van der Waals surface area contributed by atoms with E-state index in [1.54, 1.807) is 52.8 Å². The molecule has 0 saturated carbocycles. The third-order valence-corrected chi connectivity index (χ3v) is 15.0. The number of primary amides is 1. The van der Waals surface area contributed by atoms with Crippen LogP contribution in [-0.2, 0) is 65.5 Å². The number of carbonyl (C=O) groups is 10. The minimum Gasteiger partial charge on any atom is -0.610 e. The number of nitrogens with zero attached hydrogens (tertiary/aromatic N) is 1. The number of aromatic nitrogens is 1. The average Bonchev–Trinajstić information content (AvgIpc) is 3.97. The van der Waals surface area contributed by atoms with Crippen LogP contribution in [-0.4, -0.2) is 188 Å². The fraction of sp³-hybridized carbons (Fsp3) is 0.640. The number of nitrogens with two attached hydrogens (primary N) is 1. The van der Waals surface area contributed by atoms with E-state index in [1.165, 1.54) is 6.92 Å². The molecule has 4 heterocycles. The van der Waals surface area contributed by atoms with Gasteiger partial charge in [-0.05, 0) is 51.7 Å². The van der Waals surface area contributed by atoms with Crippen molar-refractivity contribution < 1.29 is 77.3 Å². The first kappa shape index (κ1) is 62.1. The first-order valence-corrected chi connectivity index (χ1v) is 27.4. The number of H-pyrrole nitrogens is 1. The molecule has 10 amide bonds. The van der Waals surface area contributed by atoms with E-state index >= 15 is 0 Å². The minimum absolute atomic E-state index is 0.123. The van der Waals surface area contributed by atoms with Crippen LogP contribution in [0.3, 0.4) is 0 Å². The van der Waals surface area contributed by atoms with Crippen LogP contribution in [0.4, 0.5) is 4.79 Å². The highest BCUT2D eigenvalue weighted by Gasteiger charge is 2.45. The van der Waals surface area contributed by atoms with Gasteiger partial charge >= 0.3 is 6.09 Å². The molecule has 5 rings (SSSR count). The number of hydrogen-bond donors (Lipinski definition) is 13. The molecule has 432 valence electrons. The summed E-state index contributed by atoms with van der Waals surface area (Å²) in [6.07, 6.45) is -2.11. The number of nitrogens with one attached hydrogen (secondary N) is 9. The maximum atomic E-state index is 15.0. The number of aromatic amines is 1. The van der Waals surface area contributed by atoms with Crippen molar-refractivity contribution in [2.45, 2.75) is 152 Å². The molecule has 0 radical (unpaired) electrons. The molecular formula is C50H75N11O16S. The van der Waals surface area contributed by atoms with Crippen LogP contribution in [0.2, 0.25) is 0 Å². The maximum Gasteiger partial charge on any atom is 0.407 e. The van der Waals surface area contributed by atoms with Gasteiger partial charge in [-0.15, -0.1) is 0 Å². The molecule has 1 fully saturated rings. The Morgan fingerprint density at radius 2 is 1.55 bits per heavy atom. The first-order valence-electron chi connectivity index (χ1n) is 26.0. The second-order valence-corrected chi connectivity index (χ2v) is 22.3. The van der Waals surface area contributed by atoms with Crippen molar-refractivity contribution in [3.63, 3.8) is 0 Å². The minimum atomic E-state index is -2.39. The van der Waals surface area contributed by atoms with Crippen LogP contribution < -0.4 is 53.0 Å². The summed E-state index contributed by atoms with van der Waals surface area (Å²) in [6, 6.07) is -5.23. The van der Waals surface area contributed by atoms with Crippen molar-refractivity contribution in [2.24, 2.45) is 17.6 Å². The zero-order valence-corrected chi connectivity index (χ0v) is 45.5. The molecule has 11 atom stereocenters. The molecule has 3 aliphatic heterocycles. The summed E-state index contributed by atoms with van der Waals surface area (Å²) in [4.78, 5) is 142. The molecule has 3 aliphatic rings. The van der Waals surface area contributed by atoms with Gasteiger partial charge in [0.1, 0.15) is 47.3 Å². The van der Waals surface area contributed by atoms with Crippen LogP contribution >= 0.6 is 0 Å². The molecule has 0 spiro atoms. The molecule has 4 unspecified atom stereocenters. The number of benzene rings is 1. The second-order valence-electron chi connectivity index (χ2n) is 20.8. The number of aliphatic hydroxyl groups excluding tert-OH is 3. The van der Waals surface area contributed by atoms with Crippen molar-refractivity contribution in [1.82, 2.24) is 52.4 Å². The van der Waals surface area contributed by atoms with Gasteiger partial charge in [0.05, 0.1) is 50.4 Å². The van der Waals surface area contributed by atoms with E-state index < -0.39 is 188 Å². The number of aliphatic hydroxyl groups is 3. The van der Waals surface area contributed by atoms with Crippen molar-refractivity contribution >= 4 is 81.3 Å². The lowest BCUT2D eigenvalue weighted by Gasteiger charge is -2.32. The van der Waals surface area contributed by atoms with Gasteiger partial charge in [0.25, 0.3) is 0 Å². The van der Waals surface area contributed by atoms with E-state index in [0.717, 1.165) is 17.7 Å². The van der Waals surface area contributed by atoms with Crippen LogP contribution in [0, 0.1) is 11.8 Å². The van der Waals surface area contributed by atoms with Crippen LogP contribution in [0.1, 0.15) is 92.1 Å². The third kappa shape index (κ3) is 17.4. The molecule has 2 bridgehead atoms. The SMILES string of the molecule is CC[C@H](C)C1NC(=O)CNC(=O)C2Cc3c([nH]c4cc(OCCCCCCNC(=O)OC(C)(C)C)ccc34)[S+]([O-])CC(NC(=O)CNC1=O)C(=O)N[C@@H](CC(N)=O)C(=O)N1C[C@H](O)C[C@H]1C(=O)N[C@@H]([C@@H](C)[C@@H](O)CO)C(=O)N2. The average molecular weight is 1120 g/mol. The zero-order chi connectivity index (χ0) is 57.6. The highest BCUT2D eigenvalue weighted by Crippen LogP contribution is 2.32. The number of unbranched alkanes of at least 4 members (excludes halogenated alkanes) is 3. The summed E-state index contributed by atoms with van der Waals surface area (Å²) in [7, 11) is 0. The summed E-state index contributed by atoms with van der Waals surface area (Å²) in [5.41, 5.74) is 5.35. The topological polar surface area (TPSA) is 414 Å². The van der Waals surface area contributed by atoms with Gasteiger partial charge in [-0.2, -0.15) is 0 Å². The Morgan fingerprint density at radius 1 is 0.872 bits per heavy atom. The van der Waals surface area contributed by atoms with Gasteiger partial charge in [0, 0.05) is 60.0 Å². The normalized spacial score (nSPS) is 25.6. The molecule has 28 heteroatoms. The number of carbonyl (C=O) groups excluding carboxylic acids is 10. The molecule has 1 aromatic carbocycles. The summed E-state index contributed by atoms with van der Waals surface area (Å²) < 4.78 is 26.3. The van der Waals surface area contributed by atoms with Crippen LogP contribution in [0.25, 0.3) is 10.9 Å². The molecule has 27 nitrogen and oxygen atoms in total. The van der Waals surface area contributed by atoms with Gasteiger partial charge in [-0.1, -0.05) is 40.0 Å². The summed E-state index contributed by atoms with van der Waals surface area (Å²) >= 11 is -2.39. The van der Waals surface area contributed by atoms with Crippen molar-refractivity contribution in [1.29, 1.82) is 0 Å². The Balaban J connectivity index is 1.62. The Labute approximate surface area is 453 Å². The number of fused-ring (bicyclic) bond motifs is 5. The van der Waals surface area contributed by atoms with Gasteiger partial charge in [0.2, 0.25) is 58.2 Å². The maximum absolute atomic E-state index is 15.0. The number of alkyl carbamates (subject to hydrolysis) is 1. The molecule has 0 aliphatic carbocycles. The van der Waals surface area contributed by atoms with E-state index in [1.807, 2.05) is 0 Å². The van der Waals surface area contributed by atoms with Crippen molar-refractivity contribution in [3.8, 4) is 5.75 Å². The molecule has 1 saturated heterocycles. The fourth-order valence-electron chi connectivity index (χ4n) is 9.06. The molecule has 14 N–H and O–H groups in total. The van der Waals surface area contributed by atoms with Crippen molar-refractivity contribution in [3.05, 3.63) is 23.8 Å². The molecule has 1 aromatic heterocycles. The van der Waals surface area contributed by atoms with Crippen molar-refractivity contribution in [2.75, 3.05) is 45.1 Å². The number of amides is 10. The summed E-state index contributed by atoms with van der Waals surface area (Å²) in [6.45, 7) is 7.77. The molecule has 78 heavy (non-hydrogen) atoms. The van der Waals surface area contributed by atoms with Gasteiger partial charge in [-0.25, -0.2) is 4.79 Å². The first-order chi connectivity index (χ1) is 36.8. The molecule has 2 aromatic rings. The Kier molecular flexibility index (Phi) is 22.5. The van der Waals surface area contributed by atoms with E-state index in [-0.39, 0.29) is 17.2 Å². The lowest BCUT2D eigenvalue weighted by atomic mass is 9.93. The van der Waals surface area contributed by atoms with Gasteiger partial charge < -0.3 is 87.5 Å². The lowest BCUT2D eigenvalue weighted by Crippen LogP contribution is -2.62. The fourth-order valence-corrected chi connectivity index (χ4v) is 10.5. The van der Waals surface area contributed by atoms with Crippen LogP contribution in [0.15, 0.2) is 23.2 Å². The smallest absolute Gasteiger partial charge is 0.407 e. The third-order valence-electron chi connectivity index (χ3n) is 13.5. The highest BCUT2D eigenvalue weighted by molar-refractivity contribution is 7.91. The zero-order valence-electron chi connectivity index (χ0n) is 44.7. The van der Waals surface area contributed by atoms with Gasteiger partial charge in [-0.3, -0.25) is 43.2 Å². The Morgan fingerprint density at radius 3 is 2.22 bits per heavy atom. The predicted octanol–water partition coefficient (Wildman–Crippen LogP) is -3.16.